The summed E-state index contributed by atoms with van der Waals surface area (Å²) in [7, 11) is 0. The molecule has 0 unspecified atom stereocenters. The first-order chi connectivity index (χ1) is 18.2. The number of nitrogens with one attached hydrogen (secondary N) is 1. The number of hydrogen-bond acceptors (Lipinski definition) is 6. The van der Waals surface area contributed by atoms with E-state index in [4.69, 9.17) is 32.7 Å². The second-order valence-electron chi connectivity index (χ2n) is 8.36. The van der Waals surface area contributed by atoms with Gasteiger partial charge in [0.15, 0.2) is 11.5 Å². The molecule has 1 N–H and O–H groups in total. The summed E-state index contributed by atoms with van der Waals surface area (Å²) in [6, 6.07) is 17.8. The molecular weight excluding hydrogens is 547 g/mol. The number of aryl methyl sites for hydroxylation is 1. The number of ether oxygens (including phenoxy) is 2. The Bertz CT molecular complexity index is 1410. The van der Waals surface area contributed by atoms with Crippen molar-refractivity contribution in [3.63, 3.8) is 0 Å². The second kappa shape index (κ2) is 12.4. The highest BCUT2D eigenvalue weighted by atomic mass is 35.5. The Morgan fingerprint density at radius 2 is 1.82 bits per heavy atom. The Kier molecular flexibility index (Phi) is 8.99. The first-order valence-corrected chi connectivity index (χ1v) is 13.3. The molecule has 3 amide bonds. The van der Waals surface area contributed by atoms with Crippen molar-refractivity contribution < 1.29 is 23.9 Å². The lowest BCUT2D eigenvalue weighted by Crippen LogP contribution is -2.36. The van der Waals surface area contributed by atoms with Gasteiger partial charge in [-0.2, -0.15) is 0 Å². The molecule has 196 valence electrons. The van der Waals surface area contributed by atoms with Gasteiger partial charge in [-0.25, -0.2) is 0 Å². The maximum absolute atomic E-state index is 12.9. The fourth-order valence-corrected chi connectivity index (χ4v) is 4.90. The molecule has 1 fully saturated rings. The van der Waals surface area contributed by atoms with Gasteiger partial charge in [-0.1, -0.05) is 47.5 Å². The fraction of sp³-hybridized carbons (Fsp3) is 0.179. The van der Waals surface area contributed by atoms with Gasteiger partial charge >= 0.3 is 0 Å². The molecule has 1 saturated heterocycles. The number of carbonyl (C=O) groups is 3. The van der Waals surface area contributed by atoms with Crippen LogP contribution >= 0.6 is 35.0 Å². The zero-order chi connectivity index (χ0) is 27.2. The molecule has 0 aliphatic carbocycles. The number of amides is 3. The average Bonchev–Trinajstić information content (AvgIpc) is 3.12. The van der Waals surface area contributed by atoms with Crippen molar-refractivity contribution in [1.82, 2.24) is 4.90 Å². The van der Waals surface area contributed by atoms with E-state index >= 15 is 0 Å². The summed E-state index contributed by atoms with van der Waals surface area (Å²) < 4.78 is 11.7. The lowest BCUT2D eigenvalue weighted by molar-refractivity contribution is -0.127. The second-order valence-corrected chi connectivity index (χ2v) is 10.2. The lowest BCUT2D eigenvalue weighted by Gasteiger charge is -2.15. The van der Waals surface area contributed by atoms with Crippen molar-refractivity contribution in [3.8, 4) is 11.5 Å². The molecule has 1 aliphatic rings. The van der Waals surface area contributed by atoms with E-state index in [9.17, 15) is 14.4 Å². The van der Waals surface area contributed by atoms with E-state index in [1.54, 1.807) is 42.5 Å². The van der Waals surface area contributed by atoms with E-state index in [1.165, 1.54) is 0 Å². The number of rotatable bonds is 9. The summed E-state index contributed by atoms with van der Waals surface area (Å²) >= 11 is 13.2. The van der Waals surface area contributed by atoms with Crippen molar-refractivity contribution in [2.24, 2.45) is 0 Å². The van der Waals surface area contributed by atoms with Gasteiger partial charge in [-0.05, 0) is 84.8 Å². The van der Waals surface area contributed by atoms with Crippen LogP contribution in [0, 0.1) is 6.92 Å². The van der Waals surface area contributed by atoms with Crippen molar-refractivity contribution in [2.45, 2.75) is 20.5 Å². The molecule has 0 aromatic heterocycles. The Morgan fingerprint density at radius 3 is 2.53 bits per heavy atom. The minimum absolute atomic E-state index is 0.173. The number of anilines is 1. The topological polar surface area (TPSA) is 84.9 Å². The first kappa shape index (κ1) is 27.6. The summed E-state index contributed by atoms with van der Waals surface area (Å²) in [5.74, 6) is -0.266. The largest absolute Gasteiger partial charge is 0.490 e. The van der Waals surface area contributed by atoms with Crippen molar-refractivity contribution in [1.29, 1.82) is 0 Å². The van der Waals surface area contributed by atoms with E-state index in [2.05, 4.69) is 5.32 Å². The molecule has 0 saturated carbocycles. The van der Waals surface area contributed by atoms with Crippen LogP contribution in [0.25, 0.3) is 6.08 Å². The highest BCUT2D eigenvalue weighted by molar-refractivity contribution is 8.18. The van der Waals surface area contributed by atoms with Gasteiger partial charge in [0.25, 0.3) is 11.1 Å². The molecule has 4 rings (SSSR count). The minimum atomic E-state index is -0.559. The van der Waals surface area contributed by atoms with Crippen LogP contribution in [0.1, 0.15) is 23.6 Å². The number of carbonyl (C=O) groups excluding carboxylic acids is 3. The van der Waals surface area contributed by atoms with Gasteiger partial charge in [-0.15, -0.1) is 0 Å². The van der Waals surface area contributed by atoms with Crippen LogP contribution in [0.2, 0.25) is 10.0 Å². The van der Waals surface area contributed by atoms with Gasteiger partial charge in [0, 0.05) is 10.7 Å². The molecule has 0 atom stereocenters. The molecule has 0 bridgehead atoms. The number of halogens is 2. The molecule has 0 radical (unpaired) electrons. The third-order valence-corrected chi connectivity index (χ3v) is 6.84. The Hall–Kier alpha value is -3.46. The summed E-state index contributed by atoms with van der Waals surface area (Å²) in [6.07, 6.45) is 1.54. The van der Waals surface area contributed by atoms with Crippen LogP contribution < -0.4 is 14.8 Å². The third-order valence-electron chi connectivity index (χ3n) is 5.40. The molecule has 3 aromatic rings. The standard InChI is InChI=1S/C28H24Cl2N2O5S/c1-3-36-23-13-19(12-22(30)26(23)37-16-18-7-9-20(29)10-8-18)14-24-27(34)32(28(35)38-24)15-25(33)31-21-6-4-5-17(2)11-21/h4-14H,3,15-16H2,1-2H3,(H,31,33)/b24-14+. The zero-order valence-corrected chi connectivity index (χ0v) is 23.0. The van der Waals surface area contributed by atoms with Gasteiger partial charge in [0.05, 0.1) is 16.5 Å². The lowest BCUT2D eigenvalue weighted by atomic mass is 10.1. The monoisotopic (exact) mass is 570 g/mol. The quantitative estimate of drug-likeness (QED) is 0.280. The average molecular weight is 571 g/mol. The number of benzene rings is 3. The normalized spacial score (nSPS) is 14.2. The van der Waals surface area contributed by atoms with Crippen molar-refractivity contribution in [2.75, 3.05) is 18.5 Å². The minimum Gasteiger partial charge on any atom is -0.490 e. The van der Waals surface area contributed by atoms with E-state index < -0.39 is 23.6 Å². The van der Waals surface area contributed by atoms with Gasteiger partial charge in [-0.3, -0.25) is 19.3 Å². The maximum Gasteiger partial charge on any atom is 0.294 e. The van der Waals surface area contributed by atoms with Crippen molar-refractivity contribution >= 4 is 63.8 Å². The fourth-order valence-electron chi connectivity index (χ4n) is 3.67. The Labute approximate surface area is 234 Å². The summed E-state index contributed by atoms with van der Waals surface area (Å²) in [5, 5.41) is 3.09. The van der Waals surface area contributed by atoms with E-state index in [-0.39, 0.29) is 16.5 Å². The molecular formula is C28H24Cl2N2O5S. The molecule has 10 heteroatoms. The van der Waals surface area contributed by atoms with Crippen LogP contribution in [0.5, 0.6) is 11.5 Å². The zero-order valence-electron chi connectivity index (χ0n) is 20.6. The molecule has 1 aliphatic heterocycles. The van der Waals surface area contributed by atoms with Crippen LogP contribution in [-0.4, -0.2) is 35.1 Å². The SMILES string of the molecule is CCOc1cc(/C=C2/SC(=O)N(CC(=O)Nc3cccc(C)c3)C2=O)cc(Cl)c1OCc1ccc(Cl)cc1. The molecule has 7 nitrogen and oxygen atoms in total. The number of hydrogen-bond donors (Lipinski definition) is 1. The van der Waals surface area contributed by atoms with Gasteiger partial charge < -0.3 is 14.8 Å². The Balaban J connectivity index is 1.48. The van der Waals surface area contributed by atoms with Crippen molar-refractivity contribution in [3.05, 3.63) is 92.3 Å². The number of imide groups is 1. The van der Waals surface area contributed by atoms with E-state index in [0.29, 0.717) is 34.4 Å². The number of nitrogens with zero attached hydrogens (tertiary/aromatic N) is 1. The van der Waals surface area contributed by atoms with Crippen LogP contribution in [0.4, 0.5) is 10.5 Å². The van der Waals surface area contributed by atoms with Crippen LogP contribution in [0.15, 0.2) is 65.6 Å². The summed E-state index contributed by atoms with van der Waals surface area (Å²) in [4.78, 5) is 39.0. The third kappa shape index (κ3) is 6.89. The summed E-state index contributed by atoms with van der Waals surface area (Å²) in [6.45, 7) is 3.96. The molecule has 38 heavy (non-hydrogen) atoms. The van der Waals surface area contributed by atoms with E-state index in [1.807, 2.05) is 38.1 Å². The highest BCUT2D eigenvalue weighted by Crippen LogP contribution is 2.39. The predicted octanol–water partition coefficient (Wildman–Crippen LogP) is 6.95. The summed E-state index contributed by atoms with van der Waals surface area (Å²) in [5.41, 5.74) is 3.02. The number of thioether (sulfide) groups is 1. The predicted molar refractivity (Wildman–Crippen MR) is 151 cm³/mol. The molecule has 3 aromatic carbocycles. The van der Waals surface area contributed by atoms with Gasteiger partial charge in [0.2, 0.25) is 5.91 Å². The highest BCUT2D eigenvalue weighted by Gasteiger charge is 2.36. The van der Waals surface area contributed by atoms with Gasteiger partial charge in [0.1, 0.15) is 13.2 Å². The van der Waals surface area contributed by atoms with E-state index in [0.717, 1.165) is 27.8 Å². The smallest absolute Gasteiger partial charge is 0.294 e. The van der Waals surface area contributed by atoms with Crippen LogP contribution in [-0.2, 0) is 16.2 Å². The maximum atomic E-state index is 12.9. The Morgan fingerprint density at radius 1 is 1.05 bits per heavy atom. The van der Waals surface area contributed by atoms with Crippen LogP contribution in [0.3, 0.4) is 0 Å². The molecule has 0 spiro atoms. The first-order valence-electron chi connectivity index (χ1n) is 11.7. The molecule has 1 heterocycles.